The Morgan fingerprint density at radius 3 is 2.20 bits per heavy atom. The maximum Gasteiger partial charge on any atom is 0.253 e. The average molecular weight is 331 g/mol. The Kier molecular flexibility index (Phi) is 4.02. The minimum Gasteiger partial charge on any atom is -0.385 e. The predicted molar refractivity (Wildman–Crippen MR) is 99.4 cm³/mol. The van der Waals surface area contributed by atoms with Crippen LogP contribution in [-0.2, 0) is 5.60 Å². The summed E-state index contributed by atoms with van der Waals surface area (Å²) in [4.78, 5) is 14.7. The molecule has 1 amide bonds. The lowest BCUT2D eigenvalue weighted by Gasteiger charge is -2.38. The van der Waals surface area contributed by atoms with Gasteiger partial charge in [0.1, 0.15) is 0 Å². The molecule has 3 nitrogen and oxygen atoms in total. The van der Waals surface area contributed by atoms with Gasteiger partial charge in [-0.3, -0.25) is 4.79 Å². The summed E-state index contributed by atoms with van der Waals surface area (Å²) in [5.74, 6) is 0.0425. The van der Waals surface area contributed by atoms with Crippen molar-refractivity contribution < 1.29 is 9.90 Å². The zero-order valence-electron chi connectivity index (χ0n) is 14.1. The fraction of sp³-hybridized carbons (Fsp3) is 0.227. The van der Waals surface area contributed by atoms with Crippen LogP contribution in [-0.4, -0.2) is 29.0 Å². The third kappa shape index (κ3) is 3.03. The third-order valence-corrected chi connectivity index (χ3v) is 5.19. The van der Waals surface area contributed by atoms with Crippen molar-refractivity contribution in [1.82, 2.24) is 4.90 Å². The molecule has 3 aromatic carbocycles. The standard InChI is InChI=1S/C22H21NO2/c24-21(19-11-10-17-6-4-5-7-18(17)16-19)23-14-12-22(25,13-15-23)20-8-2-1-3-9-20/h1-11,16,25H,12-15H2. The van der Waals surface area contributed by atoms with Crippen LogP contribution in [0.15, 0.2) is 72.8 Å². The molecular weight excluding hydrogens is 310 g/mol. The molecule has 0 radical (unpaired) electrons. The van der Waals surface area contributed by atoms with E-state index in [1.54, 1.807) is 0 Å². The van der Waals surface area contributed by atoms with Crippen molar-refractivity contribution in [2.24, 2.45) is 0 Å². The van der Waals surface area contributed by atoms with Crippen molar-refractivity contribution in [2.45, 2.75) is 18.4 Å². The monoisotopic (exact) mass is 331 g/mol. The van der Waals surface area contributed by atoms with Gasteiger partial charge >= 0.3 is 0 Å². The number of amides is 1. The number of carbonyl (C=O) groups excluding carboxylic acids is 1. The Hall–Kier alpha value is -2.65. The number of piperidine rings is 1. The van der Waals surface area contributed by atoms with Crippen LogP contribution in [0, 0.1) is 0 Å². The van der Waals surface area contributed by atoms with Crippen LogP contribution in [0.5, 0.6) is 0 Å². The summed E-state index contributed by atoms with van der Waals surface area (Å²) in [6.45, 7) is 1.13. The van der Waals surface area contributed by atoms with Gasteiger partial charge in [-0.1, -0.05) is 60.7 Å². The predicted octanol–water partition coefficient (Wildman–Crippen LogP) is 3.96. The normalized spacial score (nSPS) is 16.8. The van der Waals surface area contributed by atoms with Crippen molar-refractivity contribution in [3.05, 3.63) is 83.9 Å². The lowest BCUT2D eigenvalue weighted by molar-refractivity contribution is -0.0211. The first kappa shape index (κ1) is 15.9. The molecule has 3 heteroatoms. The number of hydrogen-bond acceptors (Lipinski definition) is 2. The van der Waals surface area contributed by atoms with Crippen LogP contribution < -0.4 is 0 Å². The highest BCUT2D eigenvalue weighted by Gasteiger charge is 2.35. The van der Waals surface area contributed by atoms with Crippen molar-refractivity contribution in [1.29, 1.82) is 0 Å². The molecule has 0 saturated carbocycles. The highest BCUT2D eigenvalue weighted by atomic mass is 16.3. The quantitative estimate of drug-likeness (QED) is 0.772. The van der Waals surface area contributed by atoms with E-state index >= 15 is 0 Å². The Bertz CT molecular complexity index is 896. The van der Waals surface area contributed by atoms with E-state index in [-0.39, 0.29) is 5.91 Å². The summed E-state index contributed by atoms with van der Waals surface area (Å²) in [5, 5.41) is 13.1. The molecule has 1 aliphatic rings. The summed E-state index contributed by atoms with van der Waals surface area (Å²) in [6.07, 6.45) is 1.13. The van der Waals surface area contributed by atoms with Gasteiger partial charge in [0.15, 0.2) is 0 Å². The topological polar surface area (TPSA) is 40.5 Å². The zero-order chi connectivity index (χ0) is 17.3. The molecule has 0 aliphatic carbocycles. The van der Waals surface area contributed by atoms with E-state index in [1.165, 1.54) is 0 Å². The molecule has 0 unspecified atom stereocenters. The fourth-order valence-electron chi connectivity index (χ4n) is 3.62. The second-order valence-electron chi connectivity index (χ2n) is 6.75. The molecule has 1 fully saturated rings. The van der Waals surface area contributed by atoms with Gasteiger partial charge in [-0.15, -0.1) is 0 Å². The summed E-state index contributed by atoms with van der Waals surface area (Å²) in [7, 11) is 0. The summed E-state index contributed by atoms with van der Waals surface area (Å²) in [6, 6.07) is 23.6. The highest BCUT2D eigenvalue weighted by molar-refractivity contribution is 5.98. The first-order chi connectivity index (χ1) is 12.2. The second-order valence-corrected chi connectivity index (χ2v) is 6.75. The minimum atomic E-state index is -0.832. The minimum absolute atomic E-state index is 0.0425. The van der Waals surface area contributed by atoms with Gasteiger partial charge in [-0.2, -0.15) is 0 Å². The van der Waals surface area contributed by atoms with E-state index in [4.69, 9.17) is 0 Å². The van der Waals surface area contributed by atoms with E-state index in [0.717, 1.165) is 16.3 Å². The summed E-state index contributed by atoms with van der Waals surface area (Å²) in [5.41, 5.74) is 0.818. The van der Waals surface area contributed by atoms with Gasteiger partial charge in [0.05, 0.1) is 5.60 Å². The van der Waals surface area contributed by atoms with Crippen molar-refractivity contribution >= 4 is 16.7 Å². The first-order valence-corrected chi connectivity index (χ1v) is 8.72. The van der Waals surface area contributed by atoms with Crippen LogP contribution in [0.3, 0.4) is 0 Å². The molecule has 1 N–H and O–H groups in total. The first-order valence-electron chi connectivity index (χ1n) is 8.72. The Labute approximate surface area is 147 Å². The molecule has 1 aliphatic heterocycles. The smallest absolute Gasteiger partial charge is 0.253 e. The Morgan fingerprint density at radius 2 is 1.48 bits per heavy atom. The van der Waals surface area contributed by atoms with Crippen molar-refractivity contribution in [3.63, 3.8) is 0 Å². The largest absolute Gasteiger partial charge is 0.385 e. The average Bonchev–Trinajstić information content (AvgIpc) is 2.68. The number of likely N-dealkylation sites (tertiary alicyclic amines) is 1. The van der Waals surface area contributed by atoms with E-state index in [9.17, 15) is 9.90 Å². The zero-order valence-corrected chi connectivity index (χ0v) is 14.1. The molecule has 1 saturated heterocycles. The van der Waals surface area contributed by atoms with Crippen LogP contribution in [0.25, 0.3) is 10.8 Å². The molecular formula is C22H21NO2. The van der Waals surface area contributed by atoms with E-state index in [2.05, 4.69) is 0 Å². The van der Waals surface area contributed by atoms with Crippen molar-refractivity contribution in [2.75, 3.05) is 13.1 Å². The van der Waals surface area contributed by atoms with Gasteiger partial charge < -0.3 is 10.0 Å². The maximum atomic E-state index is 12.8. The lowest BCUT2D eigenvalue weighted by Crippen LogP contribution is -2.45. The Morgan fingerprint density at radius 1 is 0.840 bits per heavy atom. The fourth-order valence-corrected chi connectivity index (χ4v) is 3.62. The molecule has 4 rings (SSSR count). The third-order valence-electron chi connectivity index (χ3n) is 5.19. The summed E-state index contributed by atoms with van der Waals surface area (Å²) < 4.78 is 0. The molecule has 0 atom stereocenters. The molecule has 1 heterocycles. The molecule has 0 spiro atoms. The highest BCUT2D eigenvalue weighted by Crippen LogP contribution is 2.33. The number of hydrogen-bond donors (Lipinski definition) is 1. The number of carbonyl (C=O) groups is 1. The van der Waals surface area contributed by atoms with Crippen molar-refractivity contribution in [3.8, 4) is 0 Å². The number of aliphatic hydroxyl groups is 1. The molecule has 25 heavy (non-hydrogen) atoms. The van der Waals surface area contributed by atoms with Gasteiger partial charge in [0.2, 0.25) is 0 Å². The van der Waals surface area contributed by atoms with Gasteiger partial charge in [-0.25, -0.2) is 0 Å². The summed E-state index contributed by atoms with van der Waals surface area (Å²) >= 11 is 0. The maximum absolute atomic E-state index is 12.8. The van der Waals surface area contributed by atoms with E-state index < -0.39 is 5.60 Å². The van der Waals surface area contributed by atoms with Crippen LogP contribution in [0.4, 0.5) is 0 Å². The van der Waals surface area contributed by atoms with Gasteiger partial charge in [0.25, 0.3) is 5.91 Å². The number of benzene rings is 3. The number of fused-ring (bicyclic) bond motifs is 1. The van der Waals surface area contributed by atoms with E-state index in [1.807, 2.05) is 77.7 Å². The van der Waals surface area contributed by atoms with Crippen LogP contribution in [0.1, 0.15) is 28.8 Å². The molecule has 0 bridgehead atoms. The van der Waals surface area contributed by atoms with E-state index in [0.29, 0.717) is 31.5 Å². The SMILES string of the molecule is O=C(c1ccc2ccccc2c1)N1CCC(O)(c2ccccc2)CC1. The molecule has 126 valence electrons. The van der Waals surface area contributed by atoms with Crippen LogP contribution >= 0.6 is 0 Å². The molecule has 0 aromatic heterocycles. The Balaban J connectivity index is 1.51. The van der Waals surface area contributed by atoms with Gasteiger partial charge in [-0.05, 0) is 41.3 Å². The number of rotatable bonds is 2. The molecule has 3 aromatic rings. The lowest BCUT2D eigenvalue weighted by atomic mass is 9.84. The van der Waals surface area contributed by atoms with Gasteiger partial charge in [0, 0.05) is 18.7 Å². The van der Waals surface area contributed by atoms with Crippen LogP contribution in [0.2, 0.25) is 0 Å². The second kappa shape index (κ2) is 6.34. The number of nitrogens with zero attached hydrogens (tertiary/aromatic N) is 1.